The summed E-state index contributed by atoms with van der Waals surface area (Å²) in [7, 11) is -4.00. The summed E-state index contributed by atoms with van der Waals surface area (Å²) in [4.78, 5) is 27.9. The van der Waals surface area contributed by atoms with Crippen molar-refractivity contribution in [3.63, 3.8) is 0 Å². The fourth-order valence-corrected chi connectivity index (χ4v) is 5.81. The first-order valence-corrected chi connectivity index (χ1v) is 18.0. The Morgan fingerprint density at radius 1 is 1.02 bits per heavy atom. The highest BCUT2D eigenvalue weighted by Gasteiger charge is 2.60. The summed E-state index contributed by atoms with van der Waals surface area (Å²) in [6, 6.07) is 1.36. The Labute approximate surface area is 282 Å². The van der Waals surface area contributed by atoms with Crippen LogP contribution in [0, 0.1) is 6.92 Å². The van der Waals surface area contributed by atoms with Crippen molar-refractivity contribution in [1.29, 1.82) is 0 Å². The highest BCUT2D eigenvalue weighted by molar-refractivity contribution is 7.51. The van der Waals surface area contributed by atoms with Crippen molar-refractivity contribution in [2.24, 2.45) is 0 Å². The van der Waals surface area contributed by atoms with Gasteiger partial charge in [0.05, 0.1) is 13.2 Å². The molecule has 0 saturated carbocycles. The van der Waals surface area contributed by atoms with E-state index in [-0.39, 0.29) is 25.6 Å². The molecule has 1 aromatic rings. The average molecular weight is 697 g/mol. The number of aromatic nitrogens is 2. The van der Waals surface area contributed by atoms with Crippen molar-refractivity contribution in [3.8, 4) is 0 Å². The summed E-state index contributed by atoms with van der Waals surface area (Å²) in [5, 5.41) is 15.5. The average Bonchev–Trinajstić information content (AvgIpc) is 3.27. The molecule has 1 aromatic heterocycles. The highest BCUT2D eigenvalue weighted by Crippen LogP contribution is 2.47. The van der Waals surface area contributed by atoms with Crippen molar-refractivity contribution < 1.29 is 37.0 Å². The number of allylic oxidation sites excluding steroid dienone is 10. The lowest BCUT2D eigenvalue weighted by molar-refractivity contribution is -0.141. The Bertz CT molecular complexity index is 1360. The second-order valence-electron chi connectivity index (χ2n) is 11.0. The van der Waals surface area contributed by atoms with E-state index < -0.39 is 44.4 Å². The van der Waals surface area contributed by atoms with Gasteiger partial charge >= 0.3 is 19.4 Å². The number of carbonyl (C=O) groups is 1. The van der Waals surface area contributed by atoms with E-state index in [1.807, 2.05) is 6.08 Å². The molecule has 0 bridgehead atoms. The number of hydrogen-bond acceptors (Lipinski definition) is 8. The zero-order valence-electron chi connectivity index (χ0n) is 28.1. The maximum Gasteiger partial charge on any atom is 0.405 e. The van der Waals surface area contributed by atoms with Gasteiger partial charge in [-0.15, -0.1) is 0 Å². The molecule has 0 radical (unpaired) electrons. The van der Waals surface area contributed by atoms with E-state index in [4.69, 9.17) is 13.8 Å². The molecule has 1 saturated heterocycles. The summed E-state index contributed by atoms with van der Waals surface area (Å²) in [6.07, 6.45) is 22.8. The smallest absolute Gasteiger partial charge is 0.384 e. The van der Waals surface area contributed by atoms with E-state index in [0.717, 1.165) is 44.7 Å². The van der Waals surface area contributed by atoms with Gasteiger partial charge in [-0.1, -0.05) is 67.7 Å². The van der Waals surface area contributed by atoms with Crippen LogP contribution < -0.4 is 16.1 Å². The number of carbonyl (C=O) groups excluding carboxylic acids is 1. The van der Waals surface area contributed by atoms with E-state index >= 15 is 0 Å². The SMILES string of the molecule is CCC=CCC=CCC=CCC=CCC=CCCCC(=O)NCCNP(=O)(OCC)OCC1OC(n2ccc(C)nc2=O)C(F)(F)C1O. The Morgan fingerprint density at radius 3 is 2.21 bits per heavy atom. The molecule has 0 spiro atoms. The van der Waals surface area contributed by atoms with E-state index in [0.29, 0.717) is 23.1 Å². The van der Waals surface area contributed by atoms with Crippen LogP contribution in [0.4, 0.5) is 8.78 Å². The third kappa shape index (κ3) is 15.0. The van der Waals surface area contributed by atoms with Crippen LogP contribution in [-0.2, 0) is 23.1 Å². The molecule has 14 heteroatoms. The number of rotatable bonds is 23. The van der Waals surface area contributed by atoms with Gasteiger partial charge in [-0.25, -0.2) is 14.4 Å². The number of unbranched alkanes of at least 4 members (excludes halogenated alkanes) is 1. The summed E-state index contributed by atoms with van der Waals surface area (Å²) in [5.74, 6) is -4.02. The third-order valence-electron chi connectivity index (χ3n) is 6.99. The van der Waals surface area contributed by atoms with Crippen LogP contribution in [0.2, 0.25) is 0 Å². The van der Waals surface area contributed by atoms with Crippen LogP contribution in [0.5, 0.6) is 0 Å². The van der Waals surface area contributed by atoms with Gasteiger partial charge in [-0.05, 0) is 64.9 Å². The molecule has 4 atom stereocenters. The minimum absolute atomic E-state index is 0.00901. The molecule has 4 unspecified atom stereocenters. The highest BCUT2D eigenvalue weighted by atomic mass is 31.2. The van der Waals surface area contributed by atoms with Crippen LogP contribution >= 0.6 is 7.75 Å². The fourth-order valence-electron chi connectivity index (χ4n) is 4.48. The molecule has 0 aliphatic carbocycles. The predicted octanol–water partition coefficient (Wildman–Crippen LogP) is 6.23. The van der Waals surface area contributed by atoms with E-state index in [1.54, 1.807) is 6.92 Å². The first-order chi connectivity index (χ1) is 23.0. The molecule has 48 heavy (non-hydrogen) atoms. The third-order valence-corrected chi connectivity index (χ3v) is 8.69. The van der Waals surface area contributed by atoms with Crippen LogP contribution in [0.25, 0.3) is 0 Å². The van der Waals surface area contributed by atoms with Gasteiger partial charge in [-0.3, -0.25) is 18.4 Å². The molecule has 1 aliphatic rings. The number of aliphatic hydroxyl groups excluding tert-OH is 1. The Morgan fingerprint density at radius 2 is 1.62 bits per heavy atom. The van der Waals surface area contributed by atoms with Crippen molar-refractivity contribution in [2.75, 3.05) is 26.3 Å². The molecular formula is C34H51F2N4O7P. The van der Waals surface area contributed by atoms with Gasteiger partial charge in [0.15, 0.2) is 6.10 Å². The zero-order chi connectivity index (χ0) is 35.3. The predicted molar refractivity (Wildman–Crippen MR) is 183 cm³/mol. The van der Waals surface area contributed by atoms with Crippen molar-refractivity contribution in [3.05, 3.63) is 89.2 Å². The number of nitrogens with zero attached hydrogens (tertiary/aromatic N) is 2. The van der Waals surface area contributed by atoms with Gasteiger partial charge in [0.1, 0.15) is 6.10 Å². The number of hydrogen-bond donors (Lipinski definition) is 3. The molecule has 11 nitrogen and oxygen atoms in total. The maximum atomic E-state index is 14.8. The lowest BCUT2D eigenvalue weighted by Gasteiger charge is -2.22. The van der Waals surface area contributed by atoms with Crippen molar-refractivity contribution in [2.45, 2.75) is 96.5 Å². The molecular weight excluding hydrogens is 645 g/mol. The number of amides is 1. The minimum Gasteiger partial charge on any atom is -0.384 e. The molecule has 1 amide bonds. The monoisotopic (exact) mass is 696 g/mol. The standard InChI is InChI=1S/C34H51F2N4O7P/c1-4-6-7-8-9-10-11-12-13-14-15-16-17-18-19-20-21-22-30(41)37-24-25-38-48(44,45-5-2)46-27-29-31(42)34(35,36)32(47-29)40-26-23-28(3)39-33(40)43/h6-7,9-10,12-13,15-16,18-19,23,26,29,31-32,42H,4-5,8,11,14,17,20-22,24-25,27H2,1-3H3,(H,37,41)(H,38,44). The van der Waals surface area contributed by atoms with Gasteiger partial charge < -0.3 is 15.2 Å². The number of halogens is 2. The number of aryl methyl sites for hydroxylation is 1. The molecule has 3 N–H and O–H groups in total. The molecule has 268 valence electrons. The lowest BCUT2D eigenvalue weighted by atomic mass is 10.1. The normalized spacial score (nSPS) is 21.0. The molecule has 2 rings (SSSR count). The quantitative estimate of drug-likeness (QED) is 0.0690. The molecule has 1 aliphatic heterocycles. The van der Waals surface area contributed by atoms with Crippen LogP contribution in [0.1, 0.15) is 77.1 Å². The first kappa shape index (κ1) is 41.1. The van der Waals surface area contributed by atoms with Crippen molar-refractivity contribution >= 4 is 13.7 Å². The van der Waals surface area contributed by atoms with E-state index in [9.17, 15) is 28.0 Å². The number of nitrogens with one attached hydrogen (secondary N) is 2. The second-order valence-corrected chi connectivity index (χ2v) is 12.8. The van der Waals surface area contributed by atoms with Crippen LogP contribution in [-0.4, -0.2) is 65.0 Å². The van der Waals surface area contributed by atoms with Crippen LogP contribution in [0.3, 0.4) is 0 Å². The minimum atomic E-state index is -4.00. The summed E-state index contributed by atoms with van der Waals surface area (Å²) in [6.45, 7) is 4.61. The molecule has 2 heterocycles. The van der Waals surface area contributed by atoms with Gasteiger partial charge in [0, 0.05) is 31.4 Å². The topological polar surface area (TPSA) is 141 Å². The van der Waals surface area contributed by atoms with Crippen LogP contribution in [0.15, 0.2) is 77.8 Å². The second kappa shape index (κ2) is 22.6. The zero-order valence-corrected chi connectivity index (χ0v) is 29.0. The van der Waals surface area contributed by atoms with E-state index in [1.165, 1.54) is 13.0 Å². The first-order valence-electron chi connectivity index (χ1n) is 16.5. The molecule has 0 aromatic carbocycles. The Balaban J connectivity index is 1.63. The largest absolute Gasteiger partial charge is 0.405 e. The Hall–Kier alpha value is -3.06. The lowest BCUT2D eigenvalue weighted by Crippen LogP contribution is -2.42. The van der Waals surface area contributed by atoms with E-state index in [2.05, 4.69) is 77.0 Å². The summed E-state index contributed by atoms with van der Waals surface area (Å²) >= 11 is 0. The van der Waals surface area contributed by atoms with Gasteiger partial charge in [-0.2, -0.15) is 13.8 Å². The number of aliphatic hydroxyl groups is 1. The summed E-state index contributed by atoms with van der Waals surface area (Å²) < 4.78 is 59.0. The van der Waals surface area contributed by atoms with Gasteiger partial charge in [0.2, 0.25) is 12.1 Å². The Kier molecular flexibility index (Phi) is 19.3. The van der Waals surface area contributed by atoms with Gasteiger partial charge in [0.25, 0.3) is 0 Å². The van der Waals surface area contributed by atoms with Crippen molar-refractivity contribution in [1.82, 2.24) is 20.0 Å². The molecule has 1 fully saturated rings. The number of ether oxygens (including phenoxy) is 1. The number of alkyl halides is 2. The fraction of sp³-hybridized carbons (Fsp3) is 0.559. The summed E-state index contributed by atoms with van der Waals surface area (Å²) in [5.41, 5.74) is -0.634. The maximum absolute atomic E-state index is 14.8.